The van der Waals surface area contributed by atoms with Crippen LogP contribution in [0.25, 0.3) is 0 Å². The highest BCUT2D eigenvalue weighted by atomic mass is 16.5. The van der Waals surface area contributed by atoms with Crippen molar-refractivity contribution >= 4 is 5.97 Å². The van der Waals surface area contributed by atoms with E-state index in [0.717, 1.165) is 18.4 Å². The Bertz CT molecular complexity index is 650. The van der Waals surface area contributed by atoms with Crippen molar-refractivity contribution in [3.8, 4) is 11.5 Å². The van der Waals surface area contributed by atoms with Gasteiger partial charge in [-0.2, -0.15) is 0 Å². The number of aryl methyl sites for hydroxylation is 1. The molecule has 1 N–H and O–H groups in total. The van der Waals surface area contributed by atoms with Gasteiger partial charge in [0, 0.05) is 0 Å². The molecule has 2 aromatic carbocycles. The molecule has 0 aliphatic carbocycles. The quantitative estimate of drug-likeness (QED) is 0.477. The van der Waals surface area contributed by atoms with E-state index < -0.39 is 5.97 Å². The molecule has 0 aliphatic rings. The summed E-state index contributed by atoms with van der Waals surface area (Å²) in [6, 6.07) is 14.7. The van der Waals surface area contributed by atoms with E-state index in [-0.39, 0.29) is 5.56 Å². The molecular formula is C22H28O3. The Hall–Kier alpha value is -2.29. The molecule has 2 rings (SSSR count). The summed E-state index contributed by atoms with van der Waals surface area (Å²) in [7, 11) is 0. The first-order valence-electron chi connectivity index (χ1n) is 9.30. The Balaban J connectivity index is 2.01. The molecule has 0 unspecified atom stereocenters. The van der Waals surface area contributed by atoms with Crippen molar-refractivity contribution in [3.05, 3.63) is 59.7 Å². The van der Waals surface area contributed by atoms with Crippen LogP contribution in [0.15, 0.2) is 48.5 Å². The van der Waals surface area contributed by atoms with Gasteiger partial charge in [-0.25, -0.2) is 4.79 Å². The second-order valence-corrected chi connectivity index (χ2v) is 6.39. The highest BCUT2D eigenvalue weighted by molar-refractivity contribution is 5.91. The van der Waals surface area contributed by atoms with E-state index in [0.29, 0.717) is 11.5 Å². The molecule has 0 saturated heterocycles. The van der Waals surface area contributed by atoms with Crippen LogP contribution < -0.4 is 4.74 Å². The lowest BCUT2D eigenvalue weighted by molar-refractivity contribution is 0.0694. The van der Waals surface area contributed by atoms with E-state index >= 15 is 0 Å². The second-order valence-electron chi connectivity index (χ2n) is 6.39. The van der Waals surface area contributed by atoms with Gasteiger partial charge in [0.2, 0.25) is 0 Å². The number of benzene rings is 2. The average Bonchev–Trinajstić information content (AvgIpc) is 2.62. The number of rotatable bonds is 11. The van der Waals surface area contributed by atoms with Gasteiger partial charge in [0.05, 0.1) is 0 Å². The molecule has 0 saturated carbocycles. The minimum absolute atomic E-state index is 0.226. The SMILES string of the molecule is CCCCCCCCCc1cccc(C(=O)O)c1Oc1ccccc1. The Kier molecular flexibility index (Phi) is 8.03. The van der Waals surface area contributed by atoms with E-state index in [4.69, 9.17) is 4.74 Å². The van der Waals surface area contributed by atoms with Gasteiger partial charge in [-0.15, -0.1) is 0 Å². The fraction of sp³-hybridized carbons (Fsp3) is 0.409. The maximum atomic E-state index is 11.6. The van der Waals surface area contributed by atoms with E-state index in [1.54, 1.807) is 12.1 Å². The van der Waals surface area contributed by atoms with Gasteiger partial charge >= 0.3 is 5.97 Å². The lowest BCUT2D eigenvalue weighted by Crippen LogP contribution is -2.03. The highest BCUT2D eigenvalue weighted by Gasteiger charge is 2.16. The summed E-state index contributed by atoms with van der Waals surface area (Å²) in [5, 5.41) is 9.48. The first kappa shape index (κ1) is 19.0. The molecule has 0 bridgehead atoms. The van der Waals surface area contributed by atoms with Gasteiger partial charge in [-0.05, 0) is 36.6 Å². The number of para-hydroxylation sites is 2. The Morgan fingerprint density at radius 3 is 2.24 bits per heavy atom. The van der Waals surface area contributed by atoms with Crippen LogP contribution in [0.1, 0.15) is 67.8 Å². The average molecular weight is 340 g/mol. The monoisotopic (exact) mass is 340 g/mol. The lowest BCUT2D eigenvalue weighted by atomic mass is 10.0. The summed E-state index contributed by atoms with van der Waals surface area (Å²) < 4.78 is 5.93. The molecule has 0 aliphatic heterocycles. The Labute approximate surface area is 150 Å². The zero-order valence-electron chi connectivity index (χ0n) is 15.0. The summed E-state index contributed by atoms with van der Waals surface area (Å²) in [6.45, 7) is 2.23. The van der Waals surface area contributed by atoms with Gasteiger partial charge in [0.1, 0.15) is 17.1 Å². The molecule has 0 atom stereocenters. The number of hydrogen-bond donors (Lipinski definition) is 1. The summed E-state index contributed by atoms with van der Waals surface area (Å²) in [5.41, 5.74) is 1.20. The lowest BCUT2D eigenvalue weighted by Gasteiger charge is -2.14. The van der Waals surface area contributed by atoms with Gasteiger partial charge in [0.25, 0.3) is 0 Å². The molecule has 3 nitrogen and oxygen atoms in total. The predicted octanol–water partition coefficient (Wildman–Crippen LogP) is 6.47. The molecule has 0 spiro atoms. The van der Waals surface area contributed by atoms with Crippen molar-refractivity contribution in [3.63, 3.8) is 0 Å². The van der Waals surface area contributed by atoms with Crippen LogP contribution in [0.4, 0.5) is 0 Å². The van der Waals surface area contributed by atoms with E-state index in [1.807, 2.05) is 36.4 Å². The maximum absolute atomic E-state index is 11.6. The van der Waals surface area contributed by atoms with Crippen LogP contribution in [-0.2, 0) is 6.42 Å². The summed E-state index contributed by atoms with van der Waals surface area (Å²) >= 11 is 0. The zero-order chi connectivity index (χ0) is 17.9. The van der Waals surface area contributed by atoms with Crippen LogP contribution in [0.2, 0.25) is 0 Å². The van der Waals surface area contributed by atoms with Gasteiger partial charge in [0.15, 0.2) is 0 Å². The third-order valence-electron chi connectivity index (χ3n) is 4.34. The minimum Gasteiger partial charge on any atom is -0.478 e. The first-order valence-corrected chi connectivity index (χ1v) is 9.30. The molecule has 0 amide bonds. The number of carboxylic acids is 1. The molecule has 0 fully saturated rings. The standard InChI is InChI=1S/C22H28O3/c1-2-3-4-5-6-7-9-13-18-14-12-17-20(22(23)24)21(18)25-19-15-10-8-11-16-19/h8,10-12,14-17H,2-7,9,13H2,1H3,(H,23,24). The molecule has 2 aromatic rings. The van der Waals surface area contributed by atoms with E-state index in [9.17, 15) is 9.90 Å². The number of unbranched alkanes of at least 4 members (excludes halogenated alkanes) is 6. The fourth-order valence-electron chi connectivity index (χ4n) is 2.95. The smallest absolute Gasteiger partial charge is 0.339 e. The molecule has 25 heavy (non-hydrogen) atoms. The summed E-state index contributed by atoms with van der Waals surface area (Å²) in [5.74, 6) is 0.191. The maximum Gasteiger partial charge on any atom is 0.339 e. The Morgan fingerprint density at radius 1 is 0.880 bits per heavy atom. The van der Waals surface area contributed by atoms with Gasteiger partial charge in [-0.3, -0.25) is 0 Å². The van der Waals surface area contributed by atoms with Crippen molar-refractivity contribution in [2.24, 2.45) is 0 Å². The molecule has 0 aromatic heterocycles. The van der Waals surface area contributed by atoms with Gasteiger partial charge < -0.3 is 9.84 Å². The van der Waals surface area contributed by atoms with Crippen molar-refractivity contribution in [2.75, 3.05) is 0 Å². The van der Waals surface area contributed by atoms with Crippen molar-refractivity contribution in [1.29, 1.82) is 0 Å². The van der Waals surface area contributed by atoms with E-state index in [1.165, 1.54) is 38.5 Å². The second kappa shape index (κ2) is 10.5. The Morgan fingerprint density at radius 2 is 1.56 bits per heavy atom. The largest absolute Gasteiger partial charge is 0.478 e. The van der Waals surface area contributed by atoms with Crippen LogP contribution >= 0.6 is 0 Å². The highest BCUT2D eigenvalue weighted by Crippen LogP contribution is 2.31. The normalized spacial score (nSPS) is 10.6. The molecule has 0 radical (unpaired) electrons. The number of carboxylic acid groups (broad SMARTS) is 1. The molecule has 134 valence electrons. The predicted molar refractivity (Wildman–Crippen MR) is 102 cm³/mol. The molecule has 3 heteroatoms. The fourth-order valence-corrected chi connectivity index (χ4v) is 2.95. The number of hydrogen-bond acceptors (Lipinski definition) is 2. The third-order valence-corrected chi connectivity index (χ3v) is 4.34. The third kappa shape index (κ3) is 6.26. The molecule has 0 heterocycles. The van der Waals surface area contributed by atoms with Crippen molar-refractivity contribution in [2.45, 2.75) is 58.3 Å². The molecular weight excluding hydrogens is 312 g/mol. The number of aromatic carboxylic acids is 1. The van der Waals surface area contributed by atoms with Crippen molar-refractivity contribution < 1.29 is 14.6 Å². The topological polar surface area (TPSA) is 46.5 Å². The van der Waals surface area contributed by atoms with Crippen LogP contribution in [0.5, 0.6) is 11.5 Å². The number of ether oxygens (including phenoxy) is 1. The van der Waals surface area contributed by atoms with E-state index in [2.05, 4.69) is 6.92 Å². The zero-order valence-corrected chi connectivity index (χ0v) is 15.0. The first-order chi connectivity index (χ1) is 12.2. The van der Waals surface area contributed by atoms with Gasteiger partial charge in [-0.1, -0.05) is 75.8 Å². The minimum atomic E-state index is -0.952. The number of carbonyl (C=O) groups is 1. The summed E-state index contributed by atoms with van der Waals surface area (Å²) in [4.78, 5) is 11.6. The van der Waals surface area contributed by atoms with Crippen LogP contribution in [0.3, 0.4) is 0 Å². The van der Waals surface area contributed by atoms with Crippen LogP contribution in [0, 0.1) is 0 Å². The van der Waals surface area contributed by atoms with Crippen molar-refractivity contribution in [1.82, 2.24) is 0 Å². The van der Waals surface area contributed by atoms with Crippen LogP contribution in [-0.4, -0.2) is 11.1 Å². The summed E-state index contributed by atoms with van der Waals surface area (Å²) in [6.07, 6.45) is 9.50.